The van der Waals surface area contributed by atoms with Crippen LogP contribution >= 0.6 is 0 Å². The smallest absolute Gasteiger partial charge is 0 e. The maximum absolute atomic E-state index is 2.12. The average Bonchev–Trinajstić information content (AvgIpc) is 2.51. The van der Waals surface area contributed by atoms with Gasteiger partial charge in [-0.3, -0.25) is 0 Å². The molecule has 0 spiro atoms. The molecule has 20 heavy (non-hydrogen) atoms. The van der Waals surface area contributed by atoms with Gasteiger partial charge in [-0.25, -0.2) is 0 Å². The molecule has 0 unspecified atom stereocenters. The first-order valence-corrected chi connectivity index (χ1v) is 6.73. The summed E-state index contributed by atoms with van der Waals surface area (Å²) in [4.78, 5) is 0. The quantitative estimate of drug-likeness (QED) is 0.439. The van der Waals surface area contributed by atoms with Gasteiger partial charge < -0.3 is 7.43 Å². The zero-order chi connectivity index (χ0) is 13.6. The van der Waals surface area contributed by atoms with Gasteiger partial charge in [0.05, 0.1) is 0 Å². The number of benzene rings is 2. The largest absolute Gasteiger partial charge is 0.358 e. The molecule has 107 valence electrons. The third-order valence-corrected chi connectivity index (χ3v) is 2.07. The second kappa shape index (κ2) is 18.3. The molecule has 2 aromatic carbocycles. The summed E-state index contributed by atoms with van der Waals surface area (Å²) in [5, 5.41) is 0. The molecule has 0 aromatic heterocycles. The van der Waals surface area contributed by atoms with E-state index in [1.807, 2.05) is 64.1 Å². The molecular formula is C19H27Y-. The van der Waals surface area contributed by atoms with Crippen LogP contribution in [0, 0.1) is 7.43 Å². The third kappa shape index (κ3) is 11.1. The van der Waals surface area contributed by atoms with E-state index in [1.165, 1.54) is 11.1 Å². The third-order valence-electron chi connectivity index (χ3n) is 2.07. The Morgan fingerprint density at radius 1 is 0.550 bits per heavy atom. The van der Waals surface area contributed by atoms with Gasteiger partial charge in [-0.1, -0.05) is 101 Å². The van der Waals surface area contributed by atoms with Crippen molar-refractivity contribution >= 4 is 12.2 Å². The van der Waals surface area contributed by atoms with E-state index < -0.39 is 0 Å². The molecule has 2 rings (SSSR count). The molecule has 0 aliphatic rings. The van der Waals surface area contributed by atoms with Crippen molar-refractivity contribution in [2.75, 3.05) is 0 Å². The predicted octanol–water partition coefficient (Wildman–Crippen LogP) is 6.36. The summed E-state index contributed by atoms with van der Waals surface area (Å²) < 4.78 is 0. The fourth-order valence-electron chi connectivity index (χ4n) is 1.32. The summed E-state index contributed by atoms with van der Waals surface area (Å²) in [6.07, 6.45) is 4.24. The molecule has 1 heteroatoms. The molecule has 1 radical (unpaired) electrons. The molecule has 0 amide bonds. The van der Waals surface area contributed by atoms with E-state index in [-0.39, 0.29) is 40.1 Å². The second-order valence-corrected chi connectivity index (χ2v) is 3.15. The maximum atomic E-state index is 2.12. The average molecular weight is 344 g/mol. The second-order valence-electron chi connectivity index (χ2n) is 3.15. The van der Waals surface area contributed by atoms with Gasteiger partial charge in [-0.15, -0.1) is 0 Å². The van der Waals surface area contributed by atoms with Gasteiger partial charge in [0.25, 0.3) is 0 Å². The first-order chi connectivity index (χ1) is 8.95. The predicted molar refractivity (Wildman–Crippen MR) is 90.9 cm³/mol. The van der Waals surface area contributed by atoms with Gasteiger partial charge in [-0.05, 0) is 11.1 Å². The summed E-state index contributed by atoms with van der Waals surface area (Å²) >= 11 is 0. The molecule has 0 fully saturated rings. The van der Waals surface area contributed by atoms with Gasteiger partial charge in [-0.2, -0.15) is 0 Å². The molecule has 2 aromatic rings. The van der Waals surface area contributed by atoms with Gasteiger partial charge in [0.15, 0.2) is 0 Å². The van der Waals surface area contributed by atoms with E-state index in [1.54, 1.807) is 0 Å². The van der Waals surface area contributed by atoms with E-state index in [4.69, 9.17) is 0 Å². The van der Waals surface area contributed by atoms with E-state index in [0.29, 0.717) is 0 Å². The number of hydrogen-bond donors (Lipinski definition) is 0. The van der Waals surface area contributed by atoms with Crippen LogP contribution in [0.3, 0.4) is 0 Å². The van der Waals surface area contributed by atoms with E-state index in [2.05, 4.69) is 36.4 Å². The van der Waals surface area contributed by atoms with Crippen molar-refractivity contribution in [1.82, 2.24) is 0 Å². The summed E-state index contributed by atoms with van der Waals surface area (Å²) in [6.45, 7) is 8.00. The van der Waals surface area contributed by atoms with Crippen molar-refractivity contribution in [3.63, 3.8) is 0 Å². The van der Waals surface area contributed by atoms with Gasteiger partial charge in [0, 0.05) is 32.7 Å². The van der Waals surface area contributed by atoms with Crippen molar-refractivity contribution in [3.05, 3.63) is 79.2 Å². The van der Waals surface area contributed by atoms with Crippen LogP contribution in [-0.2, 0) is 32.7 Å². The van der Waals surface area contributed by atoms with E-state index >= 15 is 0 Å². The molecule has 0 heterocycles. The summed E-state index contributed by atoms with van der Waals surface area (Å²) in [5.41, 5.74) is 2.47. The Hall–Kier alpha value is -0.716. The van der Waals surface area contributed by atoms with Crippen molar-refractivity contribution in [2.24, 2.45) is 0 Å². The molecule has 0 saturated heterocycles. The minimum absolute atomic E-state index is 0. The fraction of sp³-hybridized carbons (Fsp3) is 0.211. The normalized spacial score (nSPS) is 8.00. The van der Waals surface area contributed by atoms with Crippen LogP contribution < -0.4 is 0 Å². The molecule has 0 aliphatic carbocycles. The van der Waals surface area contributed by atoms with Crippen molar-refractivity contribution in [2.45, 2.75) is 27.7 Å². The Morgan fingerprint density at radius 3 is 1.05 bits per heavy atom. The standard InChI is InChI=1S/C14H12.2C2H6.CH3.Y/c1-3-7-13(8-4-1)11-12-14-9-5-2-6-10-14;2*1-2;;/h1-12H;2*1-2H3;1H3;/q;;;-1;. The van der Waals surface area contributed by atoms with Crippen LogP contribution in [0.1, 0.15) is 38.8 Å². The molecule has 0 aliphatic heterocycles. The summed E-state index contributed by atoms with van der Waals surface area (Å²) in [7, 11) is 0. The topological polar surface area (TPSA) is 0 Å². The SMILES string of the molecule is C(=Cc1ccccc1)c1ccccc1.CC.CC.[CH3-].[Y]. The molecular weight excluding hydrogens is 317 g/mol. The van der Waals surface area contributed by atoms with Crippen molar-refractivity contribution in [1.29, 1.82) is 0 Å². The van der Waals surface area contributed by atoms with Crippen LogP contribution in [0.4, 0.5) is 0 Å². The minimum atomic E-state index is 0. The van der Waals surface area contributed by atoms with Crippen LogP contribution in [0.5, 0.6) is 0 Å². The molecule has 0 N–H and O–H groups in total. The zero-order valence-corrected chi connectivity index (χ0v) is 16.3. The van der Waals surface area contributed by atoms with E-state index in [0.717, 1.165) is 0 Å². The zero-order valence-electron chi connectivity index (χ0n) is 13.5. The van der Waals surface area contributed by atoms with Gasteiger partial charge in [0.2, 0.25) is 0 Å². The van der Waals surface area contributed by atoms with Gasteiger partial charge >= 0.3 is 0 Å². The Kier molecular flexibility index (Phi) is 22.2. The van der Waals surface area contributed by atoms with Crippen LogP contribution in [0.25, 0.3) is 12.2 Å². The fourth-order valence-corrected chi connectivity index (χ4v) is 1.32. The summed E-state index contributed by atoms with van der Waals surface area (Å²) in [6, 6.07) is 20.6. The molecule has 0 bridgehead atoms. The first-order valence-electron chi connectivity index (χ1n) is 6.73. The van der Waals surface area contributed by atoms with Crippen molar-refractivity contribution < 1.29 is 32.7 Å². The first kappa shape index (κ1) is 24.3. The van der Waals surface area contributed by atoms with Crippen LogP contribution in [0.15, 0.2) is 60.7 Å². The van der Waals surface area contributed by atoms with Crippen LogP contribution in [0.2, 0.25) is 0 Å². The number of hydrogen-bond acceptors (Lipinski definition) is 0. The van der Waals surface area contributed by atoms with Gasteiger partial charge in [0.1, 0.15) is 0 Å². The Labute approximate surface area is 151 Å². The Balaban J connectivity index is -0.000000444. The van der Waals surface area contributed by atoms with E-state index in [9.17, 15) is 0 Å². The van der Waals surface area contributed by atoms with Crippen molar-refractivity contribution in [3.8, 4) is 0 Å². The molecule has 0 nitrogen and oxygen atoms in total. The number of rotatable bonds is 2. The minimum Gasteiger partial charge on any atom is -0.358 e. The Morgan fingerprint density at radius 2 is 0.800 bits per heavy atom. The maximum Gasteiger partial charge on any atom is 0 e. The Bertz CT molecular complexity index is 363. The molecule has 0 saturated carbocycles. The summed E-state index contributed by atoms with van der Waals surface area (Å²) in [5.74, 6) is 0. The van der Waals surface area contributed by atoms with Crippen LogP contribution in [-0.4, -0.2) is 0 Å². The molecule has 0 atom stereocenters. The monoisotopic (exact) mass is 344 g/mol.